The average molecular weight is 283 g/mol. The maximum absolute atomic E-state index is 6.09. The maximum Gasteiger partial charge on any atom is 0.128 e. The van der Waals surface area contributed by atoms with Gasteiger partial charge in [0.15, 0.2) is 0 Å². The van der Waals surface area contributed by atoms with E-state index in [4.69, 9.17) is 5.73 Å². The predicted octanol–water partition coefficient (Wildman–Crippen LogP) is 2.47. The van der Waals surface area contributed by atoms with Crippen molar-refractivity contribution in [3.63, 3.8) is 0 Å². The van der Waals surface area contributed by atoms with E-state index in [0.717, 1.165) is 6.54 Å². The van der Waals surface area contributed by atoms with E-state index >= 15 is 0 Å². The van der Waals surface area contributed by atoms with Gasteiger partial charge in [0, 0.05) is 40.3 Å². The third-order valence-electron chi connectivity index (χ3n) is 3.19. The second-order valence-corrected chi connectivity index (χ2v) is 6.94. The molecule has 0 aliphatic carbocycles. The summed E-state index contributed by atoms with van der Waals surface area (Å²) >= 11 is 4.10. The Morgan fingerprint density at radius 3 is 3.00 bits per heavy atom. The van der Waals surface area contributed by atoms with Crippen molar-refractivity contribution in [2.45, 2.75) is 25.1 Å². The molecule has 0 aromatic carbocycles. The lowest BCUT2D eigenvalue weighted by atomic mass is 10.00. The van der Waals surface area contributed by atoms with Crippen molar-refractivity contribution in [3.8, 4) is 0 Å². The van der Waals surface area contributed by atoms with Gasteiger partial charge < -0.3 is 11.1 Å². The average Bonchev–Trinajstić information content (AvgIpc) is 2.38. The van der Waals surface area contributed by atoms with Gasteiger partial charge in [0.1, 0.15) is 5.82 Å². The molecule has 18 heavy (non-hydrogen) atoms. The molecule has 1 saturated heterocycles. The highest BCUT2D eigenvalue weighted by Crippen LogP contribution is 2.36. The highest BCUT2D eigenvalue weighted by molar-refractivity contribution is 8.06. The highest BCUT2D eigenvalue weighted by Gasteiger charge is 2.28. The molecule has 1 aromatic rings. The van der Waals surface area contributed by atoms with Crippen molar-refractivity contribution >= 4 is 29.3 Å². The van der Waals surface area contributed by atoms with Crippen LogP contribution in [0.25, 0.3) is 0 Å². The van der Waals surface area contributed by atoms with Gasteiger partial charge in [0.05, 0.1) is 0 Å². The minimum absolute atomic E-state index is 0.321. The Hall–Kier alpha value is -0.390. The van der Waals surface area contributed by atoms with E-state index in [0.29, 0.717) is 17.1 Å². The van der Waals surface area contributed by atoms with E-state index < -0.39 is 0 Å². The van der Waals surface area contributed by atoms with Gasteiger partial charge in [-0.15, -0.1) is 0 Å². The Balaban J connectivity index is 2.28. The summed E-state index contributed by atoms with van der Waals surface area (Å²) in [5.74, 6) is 4.37. The van der Waals surface area contributed by atoms with E-state index in [1.807, 2.05) is 11.8 Å². The molecule has 1 fully saturated rings. The minimum atomic E-state index is 0.321. The summed E-state index contributed by atoms with van der Waals surface area (Å²) in [6.07, 6.45) is 1.79. The van der Waals surface area contributed by atoms with Crippen LogP contribution in [-0.2, 0) is 0 Å². The smallest absolute Gasteiger partial charge is 0.128 e. The number of nitrogens with one attached hydrogen (secondary N) is 1. The normalized spacial score (nSPS) is 21.8. The van der Waals surface area contributed by atoms with Gasteiger partial charge in [0.2, 0.25) is 0 Å². The topological polar surface area (TPSA) is 50.9 Å². The van der Waals surface area contributed by atoms with Crippen LogP contribution in [0.3, 0.4) is 0 Å². The molecule has 0 saturated carbocycles. The molecule has 2 atom stereocenters. The van der Waals surface area contributed by atoms with Gasteiger partial charge in [-0.25, -0.2) is 4.98 Å². The van der Waals surface area contributed by atoms with E-state index in [1.165, 1.54) is 28.4 Å². The lowest BCUT2D eigenvalue weighted by molar-refractivity contribution is 0.548. The van der Waals surface area contributed by atoms with Crippen molar-refractivity contribution < 1.29 is 0 Å². The van der Waals surface area contributed by atoms with E-state index in [1.54, 1.807) is 6.20 Å². The molecule has 3 N–H and O–H groups in total. The van der Waals surface area contributed by atoms with Crippen molar-refractivity contribution in [3.05, 3.63) is 23.4 Å². The number of hydrogen-bond donors (Lipinski definition) is 2. The van der Waals surface area contributed by atoms with Gasteiger partial charge in [-0.1, -0.05) is 6.92 Å². The molecule has 5 heteroatoms. The lowest BCUT2D eigenvalue weighted by Gasteiger charge is -2.31. The molecular weight excluding hydrogens is 262 g/mol. The van der Waals surface area contributed by atoms with Crippen molar-refractivity contribution in [1.29, 1.82) is 0 Å². The highest BCUT2D eigenvalue weighted by atomic mass is 32.2. The van der Waals surface area contributed by atoms with Crippen LogP contribution >= 0.6 is 23.5 Å². The molecule has 0 spiro atoms. The number of nitrogen functional groups attached to an aromatic ring is 1. The number of aryl methyl sites for hydroxylation is 1. The monoisotopic (exact) mass is 283 g/mol. The molecule has 3 nitrogen and oxygen atoms in total. The molecule has 0 radical (unpaired) electrons. The lowest BCUT2D eigenvalue weighted by Crippen LogP contribution is -2.34. The van der Waals surface area contributed by atoms with E-state index in [-0.39, 0.29) is 0 Å². The predicted molar refractivity (Wildman–Crippen MR) is 83.4 cm³/mol. The van der Waals surface area contributed by atoms with Crippen molar-refractivity contribution in [2.75, 3.05) is 29.5 Å². The standard InChI is InChI=1S/C13H21N3S2/c1-3-15-12(10-8-17-6-7-18-10)11-9(2)4-5-16-13(11)14/h4-5,10,12,15H,3,6-8H2,1-2H3,(H2,14,16). The van der Waals surface area contributed by atoms with Crippen LogP contribution in [0.2, 0.25) is 0 Å². The Morgan fingerprint density at radius 2 is 2.39 bits per heavy atom. The SMILES string of the molecule is CCNC(c1c(C)ccnc1N)C1CSCCS1. The van der Waals surface area contributed by atoms with Gasteiger partial charge in [-0.2, -0.15) is 23.5 Å². The largest absolute Gasteiger partial charge is 0.383 e. The number of aromatic nitrogens is 1. The summed E-state index contributed by atoms with van der Waals surface area (Å²) in [6.45, 7) is 5.23. The zero-order valence-electron chi connectivity index (χ0n) is 11.0. The van der Waals surface area contributed by atoms with Crippen molar-refractivity contribution in [2.24, 2.45) is 0 Å². The van der Waals surface area contributed by atoms with E-state index in [9.17, 15) is 0 Å². The first-order valence-electron chi connectivity index (χ1n) is 6.37. The Kier molecular flexibility index (Phi) is 5.21. The summed E-state index contributed by atoms with van der Waals surface area (Å²) in [5, 5.41) is 4.19. The molecule has 0 amide bonds. The summed E-state index contributed by atoms with van der Waals surface area (Å²) in [7, 11) is 0. The second-order valence-electron chi connectivity index (χ2n) is 4.45. The van der Waals surface area contributed by atoms with Crippen LogP contribution in [0.5, 0.6) is 0 Å². The molecule has 2 unspecified atom stereocenters. The fourth-order valence-electron chi connectivity index (χ4n) is 2.33. The first-order valence-corrected chi connectivity index (χ1v) is 8.58. The molecule has 0 bridgehead atoms. The number of anilines is 1. The van der Waals surface area contributed by atoms with Gasteiger partial charge >= 0.3 is 0 Å². The fourth-order valence-corrected chi connectivity index (χ4v) is 5.18. The van der Waals surface area contributed by atoms with Gasteiger partial charge in [-0.3, -0.25) is 0 Å². The number of pyridine rings is 1. The zero-order chi connectivity index (χ0) is 13.0. The third-order valence-corrected chi connectivity index (χ3v) is 6.05. The summed E-state index contributed by atoms with van der Waals surface area (Å²) < 4.78 is 0. The van der Waals surface area contributed by atoms with E-state index in [2.05, 4.69) is 42.0 Å². The molecule has 2 rings (SSSR count). The molecule has 2 heterocycles. The number of thioether (sulfide) groups is 2. The maximum atomic E-state index is 6.09. The Morgan fingerprint density at radius 1 is 1.56 bits per heavy atom. The van der Waals surface area contributed by atoms with Crippen LogP contribution in [0, 0.1) is 6.92 Å². The van der Waals surface area contributed by atoms with Crippen LogP contribution in [0.15, 0.2) is 12.3 Å². The molecular formula is C13H21N3S2. The Bertz CT molecular complexity index is 372. The first-order chi connectivity index (χ1) is 8.74. The molecule has 1 aliphatic heterocycles. The molecule has 1 aliphatic rings. The Labute approximate surface area is 118 Å². The zero-order valence-corrected chi connectivity index (χ0v) is 12.6. The summed E-state index contributed by atoms with van der Waals surface area (Å²) in [5.41, 5.74) is 8.53. The van der Waals surface area contributed by atoms with Crippen LogP contribution in [-0.4, -0.2) is 34.0 Å². The molecule has 100 valence electrons. The fraction of sp³-hybridized carbons (Fsp3) is 0.615. The number of rotatable bonds is 4. The molecule has 1 aromatic heterocycles. The quantitative estimate of drug-likeness (QED) is 0.889. The van der Waals surface area contributed by atoms with Crippen LogP contribution in [0.4, 0.5) is 5.82 Å². The summed E-state index contributed by atoms with van der Waals surface area (Å²) in [6, 6.07) is 2.37. The number of hydrogen-bond acceptors (Lipinski definition) is 5. The summed E-state index contributed by atoms with van der Waals surface area (Å²) in [4.78, 5) is 4.26. The van der Waals surface area contributed by atoms with Gasteiger partial charge in [0.25, 0.3) is 0 Å². The first kappa shape index (κ1) is 14.0. The van der Waals surface area contributed by atoms with Gasteiger partial charge in [-0.05, 0) is 25.1 Å². The van der Waals surface area contributed by atoms with Crippen molar-refractivity contribution in [1.82, 2.24) is 10.3 Å². The van der Waals surface area contributed by atoms with Crippen LogP contribution < -0.4 is 11.1 Å². The number of nitrogens with two attached hydrogens (primary N) is 1. The second kappa shape index (κ2) is 6.68. The minimum Gasteiger partial charge on any atom is -0.383 e. The van der Waals surface area contributed by atoms with Crippen LogP contribution in [0.1, 0.15) is 24.1 Å². The number of nitrogens with zero attached hydrogens (tertiary/aromatic N) is 1. The third kappa shape index (κ3) is 3.13.